The van der Waals surface area contributed by atoms with E-state index in [1.807, 2.05) is 11.8 Å². The molecule has 0 saturated carbocycles. The van der Waals surface area contributed by atoms with Crippen LogP contribution in [0.5, 0.6) is 0 Å². The SMILES string of the molecule is Cc1cnc(C(=O)N2CCC(Cc3noc(C4CCOCC4)n3)C2)cn1. The first-order chi connectivity index (χ1) is 12.7. The summed E-state index contributed by atoms with van der Waals surface area (Å²) in [4.78, 5) is 27.3. The molecule has 4 rings (SSSR count). The minimum atomic E-state index is -0.0593. The third-order valence-electron chi connectivity index (χ3n) is 5.10. The molecule has 2 aliphatic heterocycles. The molecule has 0 aromatic carbocycles. The number of nitrogens with zero attached hydrogens (tertiary/aromatic N) is 5. The first-order valence-corrected chi connectivity index (χ1v) is 9.17. The van der Waals surface area contributed by atoms with Crippen LogP contribution in [0.4, 0.5) is 0 Å². The van der Waals surface area contributed by atoms with E-state index in [0.717, 1.165) is 62.9 Å². The van der Waals surface area contributed by atoms with E-state index in [-0.39, 0.29) is 5.91 Å². The highest BCUT2D eigenvalue weighted by Gasteiger charge is 2.29. The number of aryl methyl sites for hydroxylation is 1. The molecule has 0 aliphatic carbocycles. The molecule has 2 aromatic rings. The van der Waals surface area contributed by atoms with Gasteiger partial charge in [-0.15, -0.1) is 0 Å². The predicted octanol–water partition coefficient (Wildman–Crippen LogP) is 1.77. The van der Waals surface area contributed by atoms with Gasteiger partial charge in [0.2, 0.25) is 5.89 Å². The van der Waals surface area contributed by atoms with Gasteiger partial charge in [-0.25, -0.2) is 4.98 Å². The fourth-order valence-electron chi connectivity index (χ4n) is 3.57. The number of carbonyl (C=O) groups excluding carboxylic acids is 1. The maximum atomic E-state index is 12.5. The molecule has 2 aliphatic rings. The van der Waals surface area contributed by atoms with Gasteiger partial charge in [0.15, 0.2) is 5.82 Å². The van der Waals surface area contributed by atoms with Crippen LogP contribution in [0.1, 0.15) is 53.1 Å². The highest BCUT2D eigenvalue weighted by atomic mass is 16.5. The Bertz CT molecular complexity index is 754. The lowest BCUT2D eigenvalue weighted by molar-refractivity contribution is 0.0777. The lowest BCUT2D eigenvalue weighted by Gasteiger charge is -2.18. The number of likely N-dealkylation sites (tertiary alicyclic amines) is 1. The monoisotopic (exact) mass is 357 g/mol. The van der Waals surface area contributed by atoms with Crippen LogP contribution < -0.4 is 0 Å². The Morgan fingerprint density at radius 1 is 1.23 bits per heavy atom. The zero-order valence-corrected chi connectivity index (χ0v) is 14.9. The molecule has 1 atom stereocenters. The number of hydrogen-bond donors (Lipinski definition) is 0. The van der Waals surface area contributed by atoms with Crippen molar-refractivity contribution in [1.82, 2.24) is 25.0 Å². The highest BCUT2D eigenvalue weighted by Crippen LogP contribution is 2.26. The highest BCUT2D eigenvalue weighted by molar-refractivity contribution is 5.92. The molecule has 2 aromatic heterocycles. The van der Waals surface area contributed by atoms with E-state index < -0.39 is 0 Å². The average Bonchev–Trinajstić information content (AvgIpc) is 3.33. The number of ether oxygens (including phenoxy) is 1. The second kappa shape index (κ2) is 7.49. The Kier molecular flexibility index (Phi) is 4.92. The maximum Gasteiger partial charge on any atom is 0.274 e. The molecule has 1 amide bonds. The summed E-state index contributed by atoms with van der Waals surface area (Å²) in [5.74, 6) is 2.06. The Hall–Kier alpha value is -2.35. The van der Waals surface area contributed by atoms with E-state index in [1.165, 1.54) is 0 Å². The average molecular weight is 357 g/mol. The van der Waals surface area contributed by atoms with Crippen LogP contribution in [0, 0.1) is 12.8 Å². The van der Waals surface area contributed by atoms with Gasteiger partial charge in [0, 0.05) is 44.8 Å². The summed E-state index contributed by atoms with van der Waals surface area (Å²) >= 11 is 0. The van der Waals surface area contributed by atoms with E-state index in [0.29, 0.717) is 24.1 Å². The molecule has 0 radical (unpaired) electrons. The fraction of sp³-hybridized carbons (Fsp3) is 0.611. The van der Waals surface area contributed by atoms with Gasteiger partial charge in [-0.3, -0.25) is 9.78 Å². The molecule has 4 heterocycles. The van der Waals surface area contributed by atoms with Crippen molar-refractivity contribution in [3.63, 3.8) is 0 Å². The van der Waals surface area contributed by atoms with Gasteiger partial charge in [-0.1, -0.05) is 5.16 Å². The second-order valence-electron chi connectivity index (χ2n) is 7.09. The minimum Gasteiger partial charge on any atom is -0.381 e. The zero-order chi connectivity index (χ0) is 17.9. The first-order valence-electron chi connectivity index (χ1n) is 9.17. The summed E-state index contributed by atoms with van der Waals surface area (Å²) in [6.45, 7) is 4.78. The predicted molar refractivity (Wildman–Crippen MR) is 91.6 cm³/mol. The smallest absolute Gasteiger partial charge is 0.274 e. The van der Waals surface area contributed by atoms with Crippen molar-refractivity contribution < 1.29 is 14.1 Å². The van der Waals surface area contributed by atoms with Gasteiger partial charge in [-0.05, 0) is 32.1 Å². The zero-order valence-electron chi connectivity index (χ0n) is 14.9. The molecular formula is C18H23N5O3. The van der Waals surface area contributed by atoms with Crippen molar-refractivity contribution in [1.29, 1.82) is 0 Å². The standard InChI is InChI=1S/C18H23N5O3/c1-12-9-20-15(10-19-12)18(24)23-5-2-13(11-23)8-16-21-17(26-22-16)14-3-6-25-7-4-14/h9-10,13-14H,2-8,11H2,1H3. The van der Waals surface area contributed by atoms with Crippen LogP contribution in [0.2, 0.25) is 0 Å². The van der Waals surface area contributed by atoms with Gasteiger partial charge in [0.1, 0.15) is 5.69 Å². The van der Waals surface area contributed by atoms with Gasteiger partial charge >= 0.3 is 0 Å². The number of carbonyl (C=O) groups is 1. The van der Waals surface area contributed by atoms with Crippen LogP contribution in [-0.4, -0.2) is 57.2 Å². The van der Waals surface area contributed by atoms with Gasteiger partial charge in [0.05, 0.1) is 11.9 Å². The molecule has 0 N–H and O–H groups in total. The topological polar surface area (TPSA) is 94.2 Å². The van der Waals surface area contributed by atoms with Crippen molar-refractivity contribution >= 4 is 5.91 Å². The Morgan fingerprint density at radius 3 is 2.85 bits per heavy atom. The van der Waals surface area contributed by atoms with Crippen molar-refractivity contribution in [2.45, 2.75) is 38.5 Å². The van der Waals surface area contributed by atoms with Crippen LogP contribution >= 0.6 is 0 Å². The summed E-state index contributed by atoms with van der Waals surface area (Å²) in [6, 6.07) is 0. The van der Waals surface area contributed by atoms with Gasteiger partial charge in [-0.2, -0.15) is 4.98 Å². The minimum absolute atomic E-state index is 0.0593. The molecule has 8 nitrogen and oxygen atoms in total. The van der Waals surface area contributed by atoms with E-state index >= 15 is 0 Å². The van der Waals surface area contributed by atoms with E-state index in [4.69, 9.17) is 9.26 Å². The van der Waals surface area contributed by atoms with Gasteiger partial charge < -0.3 is 14.2 Å². The molecule has 8 heteroatoms. The molecule has 0 spiro atoms. The van der Waals surface area contributed by atoms with Crippen molar-refractivity contribution in [3.8, 4) is 0 Å². The molecule has 2 fully saturated rings. The fourth-order valence-corrected chi connectivity index (χ4v) is 3.57. The van der Waals surface area contributed by atoms with E-state index in [2.05, 4.69) is 20.1 Å². The first kappa shape index (κ1) is 17.1. The lowest BCUT2D eigenvalue weighted by Crippen LogP contribution is -2.29. The van der Waals surface area contributed by atoms with E-state index in [1.54, 1.807) is 12.4 Å². The Labute approximate surface area is 152 Å². The molecule has 26 heavy (non-hydrogen) atoms. The third-order valence-corrected chi connectivity index (χ3v) is 5.10. The second-order valence-corrected chi connectivity index (χ2v) is 7.09. The van der Waals surface area contributed by atoms with Crippen molar-refractivity contribution in [2.75, 3.05) is 26.3 Å². The third kappa shape index (κ3) is 3.75. The van der Waals surface area contributed by atoms with Crippen LogP contribution in [0.3, 0.4) is 0 Å². The van der Waals surface area contributed by atoms with Crippen LogP contribution in [0.15, 0.2) is 16.9 Å². The number of aromatic nitrogens is 4. The molecule has 2 saturated heterocycles. The maximum absolute atomic E-state index is 12.5. The Balaban J connectivity index is 1.33. The van der Waals surface area contributed by atoms with Gasteiger partial charge in [0.25, 0.3) is 5.91 Å². The summed E-state index contributed by atoms with van der Waals surface area (Å²) in [7, 11) is 0. The Morgan fingerprint density at radius 2 is 2.08 bits per heavy atom. The summed E-state index contributed by atoms with van der Waals surface area (Å²) in [5.41, 5.74) is 1.20. The van der Waals surface area contributed by atoms with Crippen molar-refractivity contribution in [3.05, 3.63) is 35.5 Å². The number of rotatable bonds is 4. The van der Waals surface area contributed by atoms with Crippen LogP contribution in [0.25, 0.3) is 0 Å². The molecule has 0 bridgehead atoms. The molecule has 1 unspecified atom stereocenters. The molecule has 138 valence electrons. The van der Waals surface area contributed by atoms with Crippen LogP contribution in [-0.2, 0) is 11.2 Å². The quantitative estimate of drug-likeness (QED) is 0.823. The normalized spacial score (nSPS) is 21.3. The van der Waals surface area contributed by atoms with E-state index in [9.17, 15) is 4.79 Å². The summed E-state index contributed by atoms with van der Waals surface area (Å²) < 4.78 is 10.8. The lowest BCUT2D eigenvalue weighted by atomic mass is 10.0. The number of amides is 1. The largest absolute Gasteiger partial charge is 0.381 e. The van der Waals surface area contributed by atoms with Crippen molar-refractivity contribution in [2.24, 2.45) is 5.92 Å². The summed E-state index contributed by atoms with van der Waals surface area (Å²) in [6.07, 6.45) is 6.71. The number of hydrogen-bond acceptors (Lipinski definition) is 7. The summed E-state index contributed by atoms with van der Waals surface area (Å²) in [5, 5.41) is 4.14. The molecular weight excluding hydrogens is 334 g/mol.